The Kier molecular flexibility index (Phi) is 4.14. The van der Waals surface area contributed by atoms with Crippen LogP contribution < -0.4 is 5.32 Å². The molecule has 14 heavy (non-hydrogen) atoms. The zero-order valence-corrected chi connectivity index (χ0v) is 10.7. The van der Waals surface area contributed by atoms with Crippen LogP contribution in [0.5, 0.6) is 0 Å². The van der Waals surface area contributed by atoms with Gasteiger partial charge in [-0.25, -0.2) is 0 Å². The first-order valence-corrected chi connectivity index (χ1v) is 5.76. The molecule has 78 valence electrons. The van der Waals surface area contributed by atoms with E-state index in [1.165, 1.54) is 5.56 Å². The molecule has 0 bridgehead atoms. The molecule has 2 heteroatoms. The van der Waals surface area contributed by atoms with Gasteiger partial charge in [-0.1, -0.05) is 28.1 Å². The van der Waals surface area contributed by atoms with E-state index in [-0.39, 0.29) is 5.54 Å². The van der Waals surface area contributed by atoms with E-state index >= 15 is 0 Å². The van der Waals surface area contributed by atoms with Crippen LogP contribution in [0.25, 0.3) is 0 Å². The van der Waals surface area contributed by atoms with E-state index in [0.29, 0.717) is 0 Å². The van der Waals surface area contributed by atoms with Crippen molar-refractivity contribution in [3.63, 3.8) is 0 Å². The van der Waals surface area contributed by atoms with E-state index in [2.05, 4.69) is 59.4 Å². The quantitative estimate of drug-likeness (QED) is 0.870. The average Bonchev–Trinajstić information content (AvgIpc) is 2.17. The Hall–Kier alpha value is -0.340. The topological polar surface area (TPSA) is 12.0 Å². The molecule has 0 radical (unpaired) electrons. The Morgan fingerprint density at radius 2 is 1.79 bits per heavy atom. The summed E-state index contributed by atoms with van der Waals surface area (Å²) >= 11 is 3.44. The lowest BCUT2D eigenvalue weighted by molar-refractivity contribution is 0.393. The molecule has 0 aliphatic rings. The van der Waals surface area contributed by atoms with Crippen molar-refractivity contribution in [3.05, 3.63) is 34.3 Å². The fraction of sp³-hybridized carbons (Fsp3) is 0.500. The minimum atomic E-state index is 0.229. The fourth-order valence-corrected chi connectivity index (χ4v) is 1.50. The van der Waals surface area contributed by atoms with Crippen LogP contribution in [-0.4, -0.2) is 12.6 Å². The van der Waals surface area contributed by atoms with E-state index < -0.39 is 0 Å². The molecule has 0 aliphatic heterocycles. The Morgan fingerprint density at radius 1 is 1.21 bits per heavy atom. The highest BCUT2D eigenvalue weighted by molar-refractivity contribution is 9.10. The normalized spacial score (nSPS) is 11.7. The first-order chi connectivity index (χ1) is 6.53. The third-order valence-corrected chi connectivity index (χ3v) is 3.16. The monoisotopic (exact) mass is 255 g/mol. The summed E-state index contributed by atoms with van der Waals surface area (Å²) in [5, 5.41) is 3.31. The van der Waals surface area contributed by atoms with Crippen LogP contribution >= 0.6 is 15.9 Å². The summed E-state index contributed by atoms with van der Waals surface area (Å²) in [6.07, 6.45) is 2.28. The van der Waals surface area contributed by atoms with Crippen LogP contribution in [0.4, 0.5) is 0 Å². The maximum Gasteiger partial charge on any atom is 0.0175 e. The lowest BCUT2D eigenvalue weighted by atomic mass is 9.96. The average molecular weight is 256 g/mol. The molecule has 0 saturated carbocycles. The summed E-state index contributed by atoms with van der Waals surface area (Å²) in [7, 11) is 2.02. The van der Waals surface area contributed by atoms with Gasteiger partial charge in [0.25, 0.3) is 0 Å². The molecule has 1 nitrogen and oxygen atoms in total. The summed E-state index contributed by atoms with van der Waals surface area (Å²) in [4.78, 5) is 0. The van der Waals surface area contributed by atoms with Gasteiger partial charge in [0.1, 0.15) is 0 Å². The van der Waals surface area contributed by atoms with Gasteiger partial charge in [-0.3, -0.25) is 0 Å². The van der Waals surface area contributed by atoms with Crippen molar-refractivity contribution in [2.75, 3.05) is 7.05 Å². The van der Waals surface area contributed by atoms with Crippen molar-refractivity contribution in [2.24, 2.45) is 0 Å². The molecule has 0 saturated heterocycles. The second-order valence-electron chi connectivity index (χ2n) is 4.26. The van der Waals surface area contributed by atoms with E-state index in [1.807, 2.05) is 7.05 Å². The predicted octanol–water partition coefficient (Wildman–Crippen LogP) is 3.38. The number of hydrogen-bond acceptors (Lipinski definition) is 1. The second-order valence-corrected chi connectivity index (χ2v) is 5.18. The molecular weight excluding hydrogens is 238 g/mol. The Morgan fingerprint density at radius 3 is 2.29 bits per heavy atom. The van der Waals surface area contributed by atoms with E-state index in [1.54, 1.807) is 0 Å². The molecule has 0 heterocycles. The molecule has 0 spiro atoms. The number of nitrogens with one attached hydrogen (secondary N) is 1. The largest absolute Gasteiger partial charge is 0.315 e. The number of benzene rings is 1. The van der Waals surface area contributed by atoms with Crippen LogP contribution in [0.3, 0.4) is 0 Å². The van der Waals surface area contributed by atoms with E-state index in [4.69, 9.17) is 0 Å². The number of halogens is 1. The van der Waals surface area contributed by atoms with Crippen molar-refractivity contribution >= 4 is 15.9 Å². The van der Waals surface area contributed by atoms with Crippen LogP contribution in [0.1, 0.15) is 25.8 Å². The van der Waals surface area contributed by atoms with Crippen molar-refractivity contribution in [2.45, 2.75) is 32.2 Å². The maximum atomic E-state index is 3.44. The molecule has 0 aliphatic carbocycles. The van der Waals surface area contributed by atoms with Gasteiger partial charge in [0.15, 0.2) is 0 Å². The summed E-state index contributed by atoms with van der Waals surface area (Å²) in [5.41, 5.74) is 1.63. The summed E-state index contributed by atoms with van der Waals surface area (Å²) in [5.74, 6) is 0. The van der Waals surface area contributed by atoms with Gasteiger partial charge in [0, 0.05) is 10.0 Å². The molecular formula is C12H18BrN. The minimum Gasteiger partial charge on any atom is -0.315 e. The lowest BCUT2D eigenvalue weighted by Gasteiger charge is -2.23. The van der Waals surface area contributed by atoms with Gasteiger partial charge in [-0.15, -0.1) is 0 Å². The highest BCUT2D eigenvalue weighted by atomic mass is 79.9. The van der Waals surface area contributed by atoms with Gasteiger partial charge in [-0.05, 0) is 51.4 Å². The van der Waals surface area contributed by atoms with Crippen molar-refractivity contribution in [3.8, 4) is 0 Å². The number of rotatable bonds is 4. The summed E-state index contributed by atoms with van der Waals surface area (Å²) < 4.78 is 1.15. The van der Waals surface area contributed by atoms with Crippen molar-refractivity contribution < 1.29 is 0 Å². The van der Waals surface area contributed by atoms with Gasteiger partial charge < -0.3 is 5.32 Å². The van der Waals surface area contributed by atoms with Crippen LogP contribution in [0, 0.1) is 0 Å². The van der Waals surface area contributed by atoms with Gasteiger partial charge in [0.05, 0.1) is 0 Å². The van der Waals surface area contributed by atoms with Crippen molar-refractivity contribution in [1.82, 2.24) is 5.32 Å². The fourth-order valence-electron chi connectivity index (χ4n) is 1.23. The highest BCUT2D eigenvalue weighted by Gasteiger charge is 2.13. The Labute approximate surface area is 95.0 Å². The van der Waals surface area contributed by atoms with Crippen molar-refractivity contribution in [1.29, 1.82) is 0 Å². The molecule has 0 fully saturated rings. The SMILES string of the molecule is CNC(C)(C)CCc1ccc(Br)cc1. The molecule has 0 aromatic heterocycles. The number of aryl methyl sites for hydroxylation is 1. The third-order valence-electron chi connectivity index (χ3n) is 2.63. The van der Waals surface area contributed by atoms with E-state index in [9.17, 15) is 0 Å². The first kappa shape index (κ1) is 11.7. The Balaban J connectivity index is 2.50. The third kappa shape index (κ3) is 3.81. The van der Waals surface area contributed by atoms with Crippen LogP contribution in [-0.2, 0) is 6.42 Å². The van der Waals surface area contributed by atoms with Gasteiger partial charge in [0.2, 0.25) is 0 Å². The first-order valence-electron chi connectivity index (χ1n) is 4.97. The van der Waals surface area contributed by atoms with E-state index in [0.717, 1.165) is 17.3 Å². The minimum absolute atomic E-state index is 0.229. The van der Waals surface area contributed by atoms with Crippen LogP contribution in [0.15, 0.2) is 28.7 Å². The second kappa shape index (κ2) is 4.94. The molecule has 1 aromatic rings. The number of hydrogen-bond donors (Lipinski definition) is 1. The zero-order chi connectivity index (χ0) is 10.6. The molecule has 1 aromatic carbocycles. The highest BCUT2D eigenvalue weighted by Crippen LogP contribution is 2.15. The van der Waals surface area contributed by atoms with Gasteiger partial charge in [-0.2, -0.15) is 0 Å². The summed E-state index contributed by atoms with van der Waals surface area (Å²) in [6, 6.07) is 8.55. The molecule has 0 amide bonds. The molecule has 1 N–H and O–H groups in total. The standard InChI is InChI=1S/C12H18BrN/c1-12(2,14-3)9-8-10-4-6-11(13)7-5-10/h4-7,14H,8-9H2,1-3H3. The predicted molar refractivity (Wildman–Crippen MR) is 65.6 cm³/mol. The lowest BCUT2D eigenvalue weighted by Crippen LogP contribution is -2.36. The molecule has 1 rings (SSSR count). The van der Waals surface area contributed by atoms with Crippen LogP contribution in [0.2, 0.25) is 0 Å². The summed E-state index contributed by atoms with van der Waals surface area (Å²) in [6.45, 7) is 4.46. The Bertz CT molecular complexity index is 277. The van der Waals surface area contributed by atoms with Gasteiger partial charge >= 0.3 is 0 Å². The molecule has 0 unspecified atom stereocenters. The zero-order valence-electron chi connectivity index (χ0n) is 9.10. The maximum absolute atomic E-state index is 3.44. The smallest absolute Gasteiger partial charge is 0.0175 e. The molecule has 0 atom stereocenters.